The van der Waals surface area contributed by atoms with E-state index < -0.39 is 0 Å². The molecule has 1 unspecified atom stereocenters. The Morgan fingerprint density at radius 2 is 2.31 bits per heavy atom. The molecule has 0 spiro atoms. The van der Waals surface area contributed by atoms with E-state index in [9.17, 15) is 0 Å². The molecule has 0 amide bonds. The second kappa shape index (κ2) is 4.62. The third-order valence-corrected chi connectivity index (χ3v) is 4.08. The van der Waals surface area contributed by atoms with Crippen molar-refractivity contribution in [2.24, 2.45) is 5.92 Å². The molecule has 0 radical (unpaired) electrons. The van der Waals surface area contributed by atoms with Crippen LogP contribution in [0.4, 0.5) is 0 Å². The van der Waals surface area contributed by atoms with Gasteiger partial charge < -0.3 is 9.88 Å². The maximum absolute atomic E-state index is 3.74. The predicted molar refractivity (Wildman–Crippen MR) is 68.6 cm³/mol. The summed E-state index contributed by atoms with van der Waals surface area (Å²) in [5.41, 5.74) is 1.82. The van der Waals surface area contributed by atoms with Gasteiger partial charge in [0.1, 0.15) is 0 Å². The normalized spacial score (nSPS) is 25.5. The third-order valence-electron chi connectivity index (χ3n) is 4.08. The lowest BCUT2D eigenvalue weighted by Crippen LogP contribution is -2.46. The Morgan fingerprint density at radius 1 is 1.50 bits per heavy atom. The topological polar surface area (TPSA) is 17.0 Å². The van der Waals surface area contributed by atoms with E-state index in [0.717, 1.165) is 6.54 Å². The van der Waals surface area contributed by atoms with Crippen LogP contribution in [0.2, 0.25) is 0 Å². The highest BCUT2D eigenvalue weighted by atomic mass is 15.0. The molecule has 1 aromatic heterocycles. The predicted octanol–water partition coefficient (Wildman–Crippen LogP) is 2.83. The lowest BCUT2D eigenvalue weighted by molar-refractivity contribution is 0.269. The first kappa shape index (κ1) is 11.7. The van der Waals surface area contributed by atoms with Crippen LogP contribution in [-0.4, -0.2) is 16.7 Å². The smallest absolute Gasteiger partial charge is 0.0245 e. The maximum atomic E-state index is 3.74. The number of aromatic nitrogens is 1. The maximum Gasteiger partial charge on any atom is 0.0245 e. The molecule has 2 heteroatoms. The van der Waals surface area contributed by atoms with Gasteiger partial charge in [-0.1, -0.05) is 13.8 Å². The summed E-state index contributed by atoms with van der Waals surface area (Å²) in [6.07, 6.45) is 8.31. The molecule has 2 heterocycles. The molecule has 1 fully saturated rings. The zero-order chi connectivity index (χ0) is 11.6. The van der Waals surface area contributed by atoms with Gasteiger partial charge >= 0.3 is 0 Å². The summed E-state index contributed by atoms with van der Waals surface area (Å²) in [4.78, 5) is 0. The van der Waals surface area contributed by atoms with E-state index in [1.165, 1.54) is 31.4 Å². The third kappa shape index (κ3) is 2.17. The Morgan fingerprint density at radius 3 is 2.81 bits per heavy atom. The van der Waals surface area contributed by atoms with Gasteiger partial charge in [-0.2, -0.15) is 0 Å². The molecule has 2 rings (SSSR count). The minimum absolute atomic E-state index is 0.347. The van der Waals surface area contributed by atoms with Crippen molar-refractivity contribution in [1.82, 2.24) is 9.88 Å². The summed E-state index contributed by atoms with van der Waals surface area (Å²) in [6.45, 7) is 9.13. The number of rotatable bonds is 4. The monoisotopic (exact) mass is 220 g/mol. The molecule has 0 bridgehead atoms. The first-order chi connectivity index (χ1) is 7.66. The van der Waals surface area contributed by atoms with E-state index in [2.05, 4.69) is 49.1 Å². The standard InChI is InChI=1S/C14H24N2/c1-4-16-9-6-13(11-16)10-14(12(2)3)7-5-8-15-14/h6,9,11-12,15H,4-5,7-8,10H2,1-3H3. The van der Waals surface area contributed by atoms with Crippen molar-refractivity contribution >= 4 is 0 Å². The van der Waals surface area contributed by atoms with E-state index in [-0.39, 0.29) is 0 Å². The Hall–Kier alpha value is -0.760. The van der Waals surface area contributed by atoms with Gasteiger partial charge in [-0.25, -0.2) is 0 Å². The Labute approximate surface area is 99.0 Å². The van der Waals surface area contributed by atoms with Gasteiger partial charge in [0.15, 0.2) is 0 Å². The number of hydrogen-bond donors (Lipinski definition) is 1. The van der Waals surface area contributed by atoms with Gasteiger partial charge in [-0.15, -0.1) is 0 Å². The minimum Gasteiger partial charge on any atom is -0.354 e. The molecule has 1 aliphatic heterocycles. The first-order valence-electron chi connectivity index (χ1n) is 6.56. The molecular formula is C14H24N2. The number of hydrogen-bond acceptors (Lipinski definition) is 1. The summed E-state index contributed by atoms with van der Waals surface area (Å²) in [7, 11) is 0. The van der Waals surface area contributed by atoms with E-state index in [1.54, 1.807) is 0 Å². The Kier molecular flexibility index (Phi) is 3.38. The first-order valence-corrected chi connectivity index (χ1v) is 6.56. The summed E-state index contributed by atoms with van der Waals surface area (Å²) < 4.78 is 2.26. The quantitative estimate of drug-likeness (QED) is 0.825. The molecule has 16 heavy (non-hydrogen) atoms. The number of nitrogens with one attached hydrogen (secondary N) is 1. The van der Waals surface area contributed by atoms with E-state index in [0.29, 0.717) is 11.5 Å². The van der Waals surface area contributed by atoms with Crippen molar-refractivity contribution in [2.45, 2.75) is 52.1 Å². The zero-order valence-corrected chi connectivity index (χ0v) is 10.8. The average Bonchev–Trinajstić information content (AvgIpc) is 2.88. The molecular weight excluding hydrogens is 196 g/mol. The minimum atomic E-state index is 0.347. The van der Waals surface area contributed by atoms with Crippen LogP contribution in [-0.2, 0) is 13.0 Å². The molecule has 1 atom stereocenters. The largest absolute Gasteiger partial charge is 0.354 e. The summed E-state index contributed by atoms with van der Waals surface area (Å²) in [5.74, 6) is 0.708. The van der Waals surface area contributed by atoms with Crippen LogP contribution in [0.5, 0.6) is 0 Å². The fraction of sp³-hybridized carbons (Fsp3) is 0.714. The van der Waals surface area contributed by atoms with Gasteiger partial charge in [0.2, 0.25) is 0 Å². The zero-order valence-electron chi connectivity index (χ0n) is 10.8. The molecule has 0 aliphatic carbocycles. The second-order valence-corrected chi connectivity index (χ2v) is 5.37. The van der Waals surface area contributed by atoms with E-state index in [4.69, 9.17) is 0 Å². The highest BCUT2D eigenvalue weighted by Gasteiger charge is 2.36. The van der Waals surface area contributed by atoms with Gasteiger partial charge in [0, 0.05) is 24.5 Å². The molecule has 1 aliphatic rings. The fourth-order valence-electron chi connectivity index (χ4n) is 2.83. The molecule has 2 nitrogen and oxygen atoms in total. The molecule has 0 saturated carbocycles. The second-order valence-electron chi connectivity index (χ2n) is 5.37. The van der Waals surface area contributed by atoms with Crippen LogP contribution < -0.4 is 5.32 Å². The van der Waals surface area contributed by atoms with Crippen molar-refractivity contribution in [3.63, 3.8) is 0 Å². The molecule has 0 aromatic carbocycles. The van der Waals surface area contributed by atoms with Crippen molar-refractivity contribution in [3.8, 4) is 0 Å². The van der Waals surface area contributed by atoms with Crippen LogP contribution in [0.25, 0.3) is 0 Å². The van der Waals surface area contributed by atoms with Gasteiger partial charge in [-0.05, 0) is 50.3 Å². The van der Waals surface area contributed by atoms with Crippen LogP contribution in [0.15, 0.2) is 18.5 Å². The Balaban J connectivity index is 2.11. The van der Waals surface area contributed by atoms with Crippen LogP contribution >= 0.6 is 0 Å². The lowest BCUT2D eigenvalue weighted by atomic mass is 9.80. The van der Waals surface area contributed by atoms with Crippen molar-refractivity contribution < 1.29 is 0 Å². The van der Waals surface area contributed by atoms with Crippen molar-refractivity contribution in [2.75, 3.05) is 6.54 Å². The SMILES string of the molecule is CCn1ccc(CC2(C(C)C)CCCN2)c1. The Bertz CT molecular complexity index is 332. The summed E-state index contributed by atoms with van der Waals surface area (Å²) in [5, 5.41) is 3.74. The van der Waals surface area contributed by atoms with Crippen molar-refractivity contribution in [3.05, 3.63) is 24.0 Å². The van der Waals surface area contributed by atoms with Crippen LogP contribution in [0, 0.1) is 5.92 Å². The summed E-state index contributed by atoms with van der Waals surface area (Å²) >= 11 is 0. The van der Waals surface area contributed by atoms with Gasteiger partial charge in [0.05, 0.1) is 0 Å². The van der Waals surface area contributed by atoms with Crippen molar-refractivity contribution in [1.29, 1.82) is 0 Å². The number of nitrogens with zero attached hydrogens (tertiary/aromatic N) is 1. The van der Waals surface area contributed by atoms with Gasteiger partial charge in [0.25, 0.3) is 0 Å². The molecule has 90 valence electrons. The molecule has 1 N–H and O–H groups in total. The van der Waals surface area contributed by atoms with Gasteiger partial charge in [-0.3, -0.25) is 0 Å². The highest BCUT2D eigenvalue weighted by molar-refractivity contribution is 5.16. The highest BCUT2D eigenvalue weighted by Crippen LogP contribution is 2.31. The molecule has 1 saturated heterocycles. The summed E-state index contributed by atoms with van der Waals surface area (Å²) in [6, 6.07) is 2.27. The molecule has 1 aromatic rings. The average molecular weight is 220 g/mol. The lowest BCUT2D eigenvalue weighted by Gasteiger charge is -2.33. The van der Waals surface area contributed by atoms with Crippen LogP contribution in [0.1, 0.15) is 39.2 Å². The van der Waals surface area contributed by atoms with E-state index >= 15 is 0 Å². The fourth-order valence-corrected chi connectivity index (χ4v) is 2.83. The number of aryl methyl sites for hydroxylation is 1. The van der Waals surface area contributed by atoms with Crippen LogP contribution in [0.3, 0.4) is 0 Å². The van der Waals surface area contributed by atoms with E-state index in [1.807, 2.05) is 0 Å².